The molecule has 1 heterocycles. The third kappa shape index (κ3) is 2.26. The molecule has 0 bridgehead atoms. The Balaban J connectivity index is 1.70. The van der Waals surface area contributed by atoms with E-state index in [1.165, 1.54) is 0 Å². The first-order valence-corrected chi connectivity index (χ1v) is 8.17. The third-order valence-corrected chi connectivity index (χ3v) is 4.98. The summed E-state index contributed by atoms with van der Waals surface area (Å²) in [6.07, 6.45) is 3.71. The van der Waals surface area contributed by atoms with Crippen molar-refractivity contribution in [2.45, 2.75) is 25.2 Å². The zero-order valence-electron chi connectivity index (χ0n) is 13.8. The molecule has 122 valence electrons. The first kappa shape index (κ1) is 14.8. The van der Waals surface area contributed by atoms with Crippen LogP contribution in [0.5, 0.6) is 5.75 Å². The van der Waals surface area contributed by atoms with Crippen molar-refractivity contribution in [3.8, 4) is 5.75 Å². The molecule has 2 N–H and O–H groups in total. The number of hydrogen-bond donors (Lipinski definition) is 2. The van der Waals surface area contributed by atoms with Crippen molar-refractivity contribution in [3.63, 3.8) is 0 Å². The minimum absolute atomic E-state index is 0.0699. The van der Waals surface area contributed by atoms with Gasteiger partial charge in [0, 0.05) is 22.8 Å². The van der Waals surface area contributed by atoms with Crippen molar-refractivity contribution < 1.29 is 9.53 Å². The Kier molecular flexibility index (Phi) is 3.34. The molecule has 1 amide bonds. The molecular weight excluding hydrogens is 300 g/mol. The maximum atomic E-state index is 13.0. The van der Waals surface area contributed by atoms with Gasteiger partial charge in [0.05, 0.1) is 12.5 Å². The van der Waals surface area contributed by atoms with Crippen LogP contribution in [0.2, 0.25) is 0 Å². The Morgan fingerprint density at radius 2 is 2.00 bits per heavy atom. The largest absolute Gasteiger partial charge is 0.497 e. The highest BCUT2D eigenvalue weighted by Crippen LogP contribution is 2.51. The fourth-order valence-corrected chi connectivity index (χ4v) is 3.32. The van der Waals surface area contributed by atoms with Crippen LogP contribution in [-0.2, 0) is 10.2 Å². The Morgan fingerprint density at radius 1 is 1.21 bits per heavy atom. The monoisotopic (exact) mass is 320 g/mol. The molecule has 2 aromatic carbocycles. The van der Waals surface area contributed by atoms with Gasteiger partial charge in [-0.1, -0.05) is 18.2 Å². The van der Waals surface area contributed by atoms with E-state index < -0.39 is 5.41 Å². The van der Waals surface area contributed by atoms with Crippen molar-refractivity contribution in [1.29, 1.82) is 0 Å². The van der Waals surface area contributed by atoms with Crippen molar-refractivity contribution in [3.05, 3.63) is 59.8 Å². The molecule has 4 rings (SSSR count). The van der Waals surface area contributed by atoms with Gasteiger partial charge < -0.3 is 15.0 Å². The molecule has 24 heavy (non-hydrogen) atoms. The summed E-state index contributed by atoms with van der Waals surface area (Å²) in [4.78, 5) is 16.3. The van der Waals surface area contributed by atoms with Gasteiger partial charge in [-0.2, -0.15) is 0 Å². The molecule has 1 aliphatic rings. The quantitative estimate of drug-likeness (QED) is 0.758. The van der Waals surface area contributed by atoms with Gasteiger partial charge in [-0.25, -0.2) is 0 Å². The third-order valence-electron chi connectivity index (χ3n) is 4.98. The van der Waals surface area contributed by atoms with E-state index in [0.717, 1.165) is 46.3 Å². The number of carbonyl (C=O) groups is 1. The summed E-state index contributed by atoms with van der Waals surface area (Å²) in [7, 11) is 1.66. The molecule has 0 aliphatic heterocycles. The first-order chi connectivity index (χ1) is 11.6. The number of methoxy groups -OCH3 is 1. The van der Waals surface area contributed by atoms with Crippen LogP contribution in [-0.4, -0.2) is 18.0 Å². The SMILES string of the molecule is COc1ccc2[nH]cc(C3(C(=O)Nc4ccccc4C)CC3)c2c1. The molecule has 0 spiro atoms. The highest BCUT2D eigenvalue weighted by atomic mass is 16.5. The van der Waals surface area contributed by atoms with Crippen molar-refractivity contribution in [1.82, 2.24) is 4.98 Å². The van der Waals surface area contributed by atoms with E-state index >= 15 is 0 Å². The molecule has 0 unspecified atom stereocenters. The van der Waals surface area contributed by atoms with Crippen LogP contribution in [0.3, 0.4) is 0 Å². The lowest BCUT2D eigenvalue weighted by molar-refractivity contribution is -0.118. The van der Waals surface area contributed by atoms with Crippen LogP contribution in [0.1, 0.15) is 24.0 Å². The highest BCUT2D eigenvalue weighted by Gasteiger charge is 2.52. The molecule has 4 heteroatoms. The van der Waals surface area contributed by atoms with Crippen LogP contribution in [0, 0.1) is 6.92 Å². The summed E-state index contributed by atoms with van der Waals surface area (Å²) in [6, 6.07) is 13.8. The van der Waals surface area contributed by atoms with Crippen molar-refractivity contribution in [2.75, 3.05) is 12.4 Å². The average Bonchev–Trinajstić information content (AvgIpc) is 3.30. The van der Waals surface area contributed by atoms with Gasteiger partial charge in [0.2, 0.25) is 5.91 Å². The topological polar surface area (TPSA) is 54.1 Å². The first-order valence-electron chi connectivity index (χ1n) is 8.17. The summed E-state index contributed by atoms with van der Waals surface area (Å²) in [5, 5.41) is 4.17. The molecule has 0 atom stereocenters. The van der Waals surface area contributed by atoms with Gasteiger partial charge in [0.1, 0.15) is 5.75 Å². The number of H-pyrrole nitrogens is 1. The van der Waals surface area contributed by atoms with Crippen molar-refractivity contribution in [2.24, 2.45) is 0 Å². The second-order valence-electron chi connectivity index (χ2n) is 6.47. The second kappa shape index (κ2) is 5.41. The molecule has 4 nitrogen and oxygen atoms in total. The number of aryl methyl sites for hydroxylation is 1. The van der Waals surface area contributed by atoms with E-state index in [1.807, 2.05) is 55.6 Å². The molecule has 0 saturated heterocycles. The predicted molar refractivity (Wildman–Crippen MR) is 95.6 cm³/mol. The number of hydrogen-bond acceptors (Lipinski definition) is 2. The van der Waals surface area contributed by atoms with E-state index in [1.54, 1.807) is 7.11 Å². The number of para-hydroxylation sites is 1. The van der Waals surface area contributed by atoms with Gasteiger partial charge in [-0.3, -0.25) is 4.79 Å². The molecule has 1 aliphatic carbocycles. The molecule has 1 saturated carbocycles. The number of ether oxygens (including phenoxy) is 1. The van der Waals surface area contributed by atoms with Gasteiger partial charge in [-0.15, -0.1) is 0 Å². The van der Waals surface area contributed by atoms with Crippen LogP contribution < -0.4 is 10.1 Å². The predicted octanol–water partition coefficient (Wildman–Crippen LogP) is 4.16. The maximum absolute atomic E-state index is 13.0. The standard InChI is InChI=1S/C20H20N2O2/c1-13-5-3-4-6-17(13)22-19(23)20(9-10-20)16-12-21-18-8-7-14(24-2)11-15(16)18/h3-8,11-12,21H,9-10H2,1-2H3,(H,22,23). The zero-order valence-corrected chi connectivity index (χ0v) is 13.8. The Labute approximate surface area is 140 Å². The summed E-state index contributed by atoms with van der Waals surface area (Å²) < 4.78 is 5.34. The molecule has 1 fully saturated rings. The number of nitrogens with one attached hydrogen (secondary N) is 2. The molecule has 3 aromatic rings. The minimum atomic E-state index is -0.438. The van der Waals surface area contributed by atoms with E-state index in [4.69, 9.17) is 4.74 Å². The van der Waals surface area contributed by atoms with Gasteiger partial charge in [0.25, 0.3) is 0 Å². The number of amides is 1. The van der Waals surface area contributed by atoms with Gasteiger partial charge in [-0.05, 0) is 55.2 Å². The summed E-state index contributed by atoms with van der Waals surface area (Å²) in [5.74, 6) is 0.874. The molecular formula is C20H20N2O2. The van der Waals surface area contributed by atoms with Crippen LogP contribution in [0.15, 0.2) is 48.7 Å². The summed E-state index contributed by atoms with van der Waals surface area (Å²) >= 11 is 0. The highest BCUT2D eigenvalue weighted by molar-refractivity contribution is 6.05. The van der Waals surface area contributed by atoms with E-state index in [-0.39, 0.29) is 5.91 Å². The lowest BCUT2D eigenvalue weighted by Gasteiger charge is -2.16. The Hall–Kier alpha value is -2.75. The van der Waals surface area contributed by atoms with E-state index in [0.29, 0.717) is 0 Å². The van der Waals surface area contributed by atoms with Crippen LogP contribution >= 0.6 is 0 Å². The number of anilines is 1. The normalized spacial score (nSPS) is 15.2. The van der Waals surface area contributed by atoms with Crippen LogP contribution in [0.25, 0.3) is 10.9 Å². The fraction of sp³-hybridized carbons (Fsp3) is 0.250. The Bertz CT molecular complexity index is 922. The summed E-state index contributed by atoms with van der Waals surface area (Å²) in [6.45, 7) is 2.01. The number of fused-ring (bicyclic) bond motifs is 1. The van der Waals surface area contributed by atoms with Gasteiger partial charge >= 0.3 is 0 Å². The Morgan fingerprint density at radius 3 is 2.71 bits per heavy atom. The number of aromatic amines is 1. The van der Waals surface area contributed by atoms with E-state index in [2.05, 4.69) is 10.3 Å². The van der Waals surface area contributed by atoms with Crippen LogP contribution in [0.4, 0.5) is 5.69 Å². The fourth-order valence-electron chi connectivity index (χ4n) is 3.32. The number of benzene rings is 2. The van der Waals surface area contributed by atoms with E-state index in [9.17, 15) is 4.79 Å². The smallest absolute Gasteiger partial charge is 0.235 e. The number of rotatable bonds is 4. The van der Waals surface area contributed by atoms with Crippen molar-refractivity contribution >= 4 is 22.5 Å². The molecule has 0 radical (unpaired) electrons. The molecule has 1 aromatic heterocycles. The number of carbonyl (C=O) groups excluding carboxylic acids is 1. The number of aromatic nitrogens is 1. The maximum Gasteiger partial charge on any atom is 0.235 e. The lowest BCUT2D eigenvalue weighted by atomic mass is 9.94. The van der Waals surface area contributed by atoms with Gasteiger partial charge in [0.15, 0.2) is 0 Å². The summed E-state index contributed by atoms with van der Waals surface area (Å²) in [5.41, 5.74) is 3.60. The minimum Gasteiger partial charge on any atom is -0.497 e. The lowest BCUT2D eigenvalue weighted by Crippen LogP contribution is -2.27. The second-order valence-corrected chi connectivity index (χ2v) is 6.47. The average molecular weight is 320 g/mol. The zero-order chi connectivity index (χ0) is 16.7.